The minimum Gasteiger partial charge on any atom is -0.481 e. The second kappa shape index (κ2) is 24.4. The molecule has 1 rings (SSSR count). The fourth-order valence-electron chi connectivity index (χ4n) is 4.76. The molecule has 21 nitrogen and oxygen atoms in total. The van der Waals surface area contributed by atoms with Crippen molar-refractivity contribution in [2.45, 2.75) is 88.0 Å². The van der Waals surface area contributed by atoms with Gasteiger partial charge in [-0.2, -0.15) is 0 Å². The van der Waals surface area contributed by atoms with Crippen LogP contribution < -0.4 is 55.3 Å². The number of hydrogen-bond acceptors (Lipinski definition) is 11. The molecule has 0 aromatic heterocycles. The van der Waals surface area contributed by atoms with Gasteiger partial charge in [-0.05, 0) is 44.2 Å². The number of primary amides is 1. The van der Waals surface area contributed by atoms with E-state index in [-0.39, 0.29) is 51.0 Å². The summed E-state index contributed by atoms with van der Waals surface area (Å²) in [6, 6.07) is 1.47. The van der Waals surface area contributed by atoms with Crippen LogP contribution in [0.4, 0.5) is 0 Å². The Hall–Kier alpha value is -5.83. The van der Waals surface area contributed by atoms with Crippen molar-refractivity contribution < 1.29 is 48.6 Å². The zero-order valence-electron chi connectivity index (χ0n) is 29.3. The number of rotatable bonds is 26. The van der Waals surface area contributed by atoms with Crippen molar-refractivity contribution in [2.75, 3.05) is 19.6 Å². The summed E-state index contributed by atoms with van der Waals surface area (Å²) in [6.07, 6.45) is -0.0514. The third kappa shape index (κ3) is 19.4. The minimum absolute atomic E-state index is 0.0511. The number of aliphatic carboxylic acids is 2. The Labute approximate surface area is 305 Å². The number of guanidine groups is 1. The predicted octanol–water partition coefficient (Wildman–Crippen LogP) is -4.38. The third-order valence-corrected chi connectivity index (χ3v) is 7.55. The van der Waals surface area contributed by atoms with Crippen molar-refractivity contribution >= 4 is 53.3 Å². The summed E-state index contributed by atoms with van der Waals surface area (Å²) in [6.45, 7) is -0.350. The van der Waals surface area contributed by atoms with Crippen molar-refractivity contribution in [3.8, 4) is 0 Å². The van der Waals surface area contributed by atoms with Crippen molar-refractivity contribution in [1.82, 2.24) is 26.6 Å². The maximum Gasteiger partial charge on any atom is 0.326 e. The van der Waals surface area contributed by atoms with Crippen LogP contribution in [0.2, 0.25) is 0 Å². The highest BCUT2D eigenvalue weighted by atomic mass is 16.4. The standard InChI is InChI=1S/C32H51N11O10/c33-13-5-4-9-19(34)27(48)41-21(11-12-24(35)44)29(50)42-20(10-6-14-38-32(36)37)28(49)39-17-25(45)40-22(16-26(46)47)30(51)43-23(31(52)53)15-18-7-2-1-3-8-18/h1-3,7-8,19-23H,4-6,9-17,33-34H2,(H2,35,44)(H,39,49)(H,40,45)(H,41,48)(H,42,50)(H,43,51)(H,46,47)(H,52,53)(H4,36,37,38). The van der Waals surface area contributed by atoms with Gasteiger partial charge in [-0.3, -0.25) is 38.6 Å². The van der Waals surface area contributed by atoms with E-state index >= 15 is 0 Å². The lowest BCUT2D eigenvalue weighted by atomic mass is 10.1. The zero-order valence-corrected chi connectivity index (χ0v) is 29.3. The van der Waals surface area contributed by atoms with Gasteiger partial charge in [0.15, 0.2) is 5.96 Å². The molecule has 0 bridgehead atoms. The minimum atomic E-state index is -1.72. The number of hydrogen-bond donors (Lipinski definition) is 12. The van der Waals surface area contributed by atoms with Crippen LogP contribution in [0.25, 0.3) is 0 Å². The summed E-state index contributed by atoms with van der Waals surface area (Å²) < 4.78 is 0. The van der Waals surface area contributed by atoms with Gasteiger partial charge in [0.1, 0.15) is 24.2 Å². The Morgan fingerprint density at radius 3 is 1.89 bits per heavy atom. The molecule has 0 aliphatic rings. The maximum atomic E-state index is 13.3. The topological polar surface area (TPSA) is 380 Å². The molecular weight excluding hydrogens is 698 g/mol. The van der Waals surface area contributed by atoms with Gasteiger partial charge in [-0.25, -0.2) is 4.79 Å². The van der Waals surface area contributed by atoms with E-state index in [1.165, 1.54) is 0 Å². The molecule has 1 aromatic carbocycles. The number of carboxylic acid groups (broad SMARTS) is 2. The normalized spacial score (nSPS) is 13.5. The number of unbranched alkanes of at least 4 members (excludes halogenated alkanes) is 1. The van der Waals surface area contributed by atoms with E-state index in [4.69, 9.17) is 28.7 Å². The number of carbonyl (C=O) groups excluding carboxylic acids is 6. The van der Waals surface area contributed by atoms with E-state index in [2.05, 4.69) is 31.6 Å². The molecule has 0 aliphatic heterocycles. The molecule has 17 N–H and O–H groups in total. The van der Waals surface area contributed by atoms with Crippen LogP contribution in [-0.4, -0.2) is 113 Å². The first-order valence-electron chi connectivity index (χ1n) is 16.8. The van der Waals surface area contributed by atoms with Gasteiger partial charge in [0.05, 0.1) is 19.0 Å². The highest BCUT2D eigenvalue weighted by molar-refractivity contribution is 5.96. The third-order valence-electron chi connectivity index (χ3n) is 7.55. The van der Waals surface area contributed by atoms with Crippen LogP contribution in [0.5, 0.6) is 0 Å². The van der Waals surface area contributed by atoms with Gasteiger partial charge in [0.2, 0.25) is 35.4 Å². The lowest BCUT2D eigenvalue weighted by Crippen LogP contribution is -2.57. The van der Waals surface area contributed by atoms with Crippen LogP contribution in [0.15, 0.2) is 35.3 Å². The van der Waals surface area contributed by atoms with Crippen molar-refractivity contribution in [1.29, 1.82) is 0 Å². The van der Waals surface area contributed by atoms with Gasteiger partial charge in [0, 0.05) is 19.4 Å². The summed E-state index contributed by atoms with van der Waals surface area (Å²) >= 11 is 0. The van der Waals surface area contributed by atoms with Crippen molar-refractivity contribution in [2.24, 2.45) is 33.7 Å². The first-order valence-corrected chi connectivity index (χ1v) is 16.8. The van der Waals surface area contributed by atoms with Crippen LogP contribution in [0.3, 0.4) is 0 Å². The molecule has 0 saturated heterocycles. The van der Waals surface area contributed by atoms with E-state index in [1.54, 1.807) is 30.3 Å². The Balaban J connectivity index is 3.05. The fraction of sp³-hybridized carbons (Fsp3) is 0.531. The summed E-state index contributed by atoms with van der Waals surface area (Å²) in [5.74, 6) is -8.44. The number of benzene rings is 1. The molecule has 5 unspecified atom stereocenters. The number of nitrogens with one attached hydrogen (secondary N) is 5. The summed E-state index contributed by atoms with van der Waals surface area (Å²) in [5.41, 5.74) is 27.9. The molecule has 21 heteroatoms. The van der Waals surface area contributed by atoms with Gasteiger partial charge in [-0.1, -0.05) is 36.8 Å². The Kier molecular flexibility index (Phi) is 20.8. The van der Waals surface area contributed by atoms with Gasteiger partial charge >= 0.3 is 11.9 Å². The number of carbonyl (C=O) groups is 8. The maximum absolute atomic E-state index is 13.3. The highest BCUT2D eigenvalue weighted by Crippen LogP contribution is 2.07. The molecule has 5 atom stereocenters. The van der Waals surface area contributed by atoms with Gasteiger partial charge < -0.3 is 65.5 Å². The zero-order chi connectivity index (χ0) is 39.9. The quantitative estimate of drug-likeness (QED) is 0.0242. The molecule has 0 saturated carbocycles. The second-order valence-corrected chi connectivity index (χ2v) is 12.0. The molecule has 6 amide bonds. The predicted molar refractivity (Wildman–Crippen MR) is 190 cm³/mol. The van der Waals surface area contributed by atoms with E-state index in [0.717, 1.165) is 0 Å². The average Bonchev–Trinajstić information content (AvgIpc) is 3.09. The molecule has 0 fully saturated rings. The number of nitrogens with two attached hydrogens (primary N) is 5. The molecule has 53 heavy (non-hydrogen) atoms. The van der Waals surface area contributed by atoms with E-state index in [1.807, 2.05) is 0 Å². The first kappa shape index (κ1) is 45.2. The van der Waals surface area contributed by atoms with E-state index < -0.39 is 90.6 Å². The molecule has 0 aliphatic carbocycles. The van der Waals surface area contributed by atoms with Gasteiger partial charge in [-0.15, -0.1) is 0 Å². The lowest BCUT2D eigenvalue weighted by Gasteiger charge is -2.24. The summed E-state index contributed by atoms with van der Waals surface area (Å²) in [4.78, 5) is 104. The Bertz CT molecular complexity index is 1440. The lowest BCUT2D eigenvalue weighted by molar-refractivity contribution is -0.143. The molecule has 1 aromatic rings. The Morgan fingerprint density at radius 1 is 0.698 bits per heavy atom. The summed E-state index contributed by atoms with van der Waals surface area (Å²) in [7, 11) is 0. The molecule has 0 spiro atoms. The SMILES string of the molecule is NCCCCC(N)C(=O)NC(CCC(N)=O)C(=O)NC(CCCN=C(N)N)C(=O)NCC(=O)NC(CC(=O)O)C(=O)NC(Cc1ccccc1)C(=O)O. The van der Waals surface area contributed by atoms with Crippen molar-refractivity contribution in [3.05, 3.63) is 35.9 Å². The number of aliphatic imine (C=N–C) groups is 1. The van der Waals surface area contributed by atoms with Crippen LogP contribution in [0, 0.1) is 0 Å². The average molecular weight is 750 g/mol. The number of nitrogens with zero attached hydrogens (tertiary/aromatic N) is 1. The highest BCUT2D eigenvalue weighted by Gasteiger charge is 2.31. The first-order chi connectivity index (χ1) is 25.0. The molecule has 0 heterocycles. The van der Waals surface area contributed by atoms with Gasteiger partial charge in [0.25, 0.3) is 0 Å². The number of amides is 6. The second-order valence-electron chi connectivity index (χ2n) is 12.0. The van der Waals surface area contributed by atoms with Crippen molar-refractivity contribution in [3.63, 3.8) is 0 Å². The number of carboxylic acids is 2. The fourth-order valence-corrected chi connectivity index (χ4v) is 4.76. The molecular formula is C32H51N11O10. The molecule has 294 valence electrons. The smallest absolute Gasteiger partial charge is 0.326 e. The molecule has 0 radical (unpaired) electrons. The monoisotopic (exact) mass is 749 g/mol. The summed E-state index contributed by atoms with van der Waals surface area (Å²) in [5, 5.41) is 30.6. The van der Waals surface area contributed by atoms with Crippen LogP contribution in [0.1, 0.15) is 56.9 Å². The van der Waals surface area contributed by atoms with E-state index in [0.29, 0.717) is 24.9 Å². The van der Waals surface area contributed by atoms with Crippen LogP contribution in [-0.2, 0) is 44.8 Å². The largest absolute Gasteiger partial charge is 0.481 e. The van der Waals surface area contributed by atoms with E-state index in [9.17, 15) is 48.6 Å². The van der Waals surface area contributed by atoms with Crippen LogP contribution >= 0.6 is 0 Å². The Morgan fingerprint density at radius 2 is 1.30 bits per heavy atom.